The molecule has 0 spiro atoms. The Morgan fingerprint density at radius 2 is 1.94 bits per heavy atom. The topological polar surface area (TPSA) is 79.7 Å². The monoisotopic (exact) mass is 441 g/mol. The third kappa shape index (κ3) is 6.99. The van der Waals surface area contributed by atoms with Gasteiger partial charge in [-0.2, -0.15) is 0 Å². The van der Waals surface area contributed by atoms with Crippen LogP contribution in [0.25, 0.3) is 5.70 Å². The zero-order valence-corrected chi connectivity index (χ0v) is 21.0. The predicted octanol–water partition coefficient (Wildman–Crippen LogP) is 4.12. The number of carbonyl (C=O) groups excluding carboxylic acids is 1. The van der Waals surface area contributed by atoms with E-state index >= 15 is 0 Å². The molecule has 0 saturated carbocycles. The number of amides is 1. The average Bonchev–Trinajstić information content (AvgIpc) is 3.14. The van der Waals surface area contributed by atoms with Crippen LogP contribution in [0.1, 0.15) is 72.0 Å². The van der Waals surface area contributed by atoms with E-state index in [9.17, 15) is 4.79 Å². The molecule has 0 aliphatic heterocycles. The molecule has 1 amide bonds. The number of aromatic nitrogens is 2. The van der Waals surface area contributed by atoms with Gasteiger partial charge in [-0.25, -0.2) is 9.97 Å². The summed E-state index contributed by atoms with van der Waals surface area (Å²) in [5, 5.41) is 3.10. The molecule has 1 atom stereocenters. The van der Waals surface area contributed by atoms with Gasteiger partial charge in [0, 0.05) is 23.8 Å². The van der Waals surface area contributed by atoms with Crippen LogP contribution >= 0.6 is 0 Å². The molecule has 1 aliphatic rings. The second kappa shape index (κ2) is 10.4. The molecule has 1 unspecified atom stereocenters. The fraction of sp³-hybridized carbons (Fsp3) is 0.600. The summed E-state index contributed by atoms with van der Waals surface area (Å²) in [7, 11) is 1.90. The minimum absolute atomic E-state index is 0.0947. The summed E-state index contributed by atoms with van der Waals surface area (Å²) in [4.78, 5) is 29.0. The SMILES string of the molecule is C=N/C(=C\C=C/C)c1nc2c(c(N(C)C(COC(C)(C)C)C(=O)NC(C)(C)C)n1)CCC2. The standard InChI is InChI=1S/C25H39N5O2/c1-10-11-14-19(26-8)21-27-18-15-12-13-17(18)22(28-21)30(9)20(16-32-25(5,6)7)23(31)29-24(2,3)4/h10-11,14,20H,8,12-13,15-16H2,1-7,9H3,(H,29,31)/b11-10-,19-14-. The summed E-state index contributed by atoms with van der Waals surface area (Å²) in [5.41, 5.74) is 1.99. The summed E-state index contributed by atoms with van der Waals surface area (Å²) in [6.45, 7) is 17.8. The second-order valence-corrected chi connectivity index (χ2v) is 10.2. The van der Waals surface area contributed by atoms with Crippen LogP contribution in [0.2, 0.25) is 0 Å². The van der Waals surface area contributed by atoms with Gasteiger partial charge in [-0.1, -0.05) is 12.2 Å². The van der Waals surface area contributed by atoms with Crippen molar-refractivity contribution in [3.8, 4) is 0 Å². The van der Waals surface area contributed by atoms with Crippen LogP contribution in [0.4, 0.5) is 5.82 Å². The van der Waals surface area contributed by atoms with Crippen LogP contribution in [-0.2, 0) is 22.4 Å². The first-order valence-electron chi connectivity index (χ1n) is 11.2. The van der Waals surface area contributed by atoms with Crippen LogP contribution in [-0.4, -0.2) is 53.4 Å². The number of fused-ring (bicyclic) bond motifs is 1. The maximum atomic E-state index is 13.3. The Morgan fingerprint density at radius 1 is 1.25 bits per heavy atom. The van der Waals surface area contributed by atoms with Crippen molar-refractivity contribution in [3.05, 3.63) is 35.3 Å². The van der Waals surface area contributed by atoms with Gasteiger partial charge in [0.05, 0.1) is 12.2 Å². The lowest BCUT2D eigenvalue weighted by Gasteiger charge is -2.34. The number of allylic oxidation sites excluding steroid dienone is 3. The van der Waals surface area contributed by atoms with E-state index < -0.39 is 6.04 Å². The number of nitrogens with one attached hydrogen (secondary N) is 1. The van der Waals surface area contributed by atoms with Crippen molar-refractivity contribution >= 4 is 24.1 Å². The van der Waals surface area contributed by atoms with Crippen molar-refractivity contribution in [1.29, 1.82) is 0 Å². The lowest BCUT2D eigenvalue weighted by Crippen LogP contribution is -2.54. The van der Waals surface area contributed by atoms with Crippen molar-refractivity contribution in [1.82, 2.24) is 15.3 Å². The lowest BCUT2D eigenvalue weighted by molar-refractivity contribution is -0.126. The highest BCUT2D eigenvalue weighted by Crippen LogP contribution is 2.31. The summed E-state index contributed by atoms with van der Waals surface area (Å²) in [5.74, 6) is 1.18. The number of aryl methyl sites for hydroxylation is 1. The van der Waals surface area contributed by atoms with Gasteiger partial charge in [-0.15, -0.1) is 0 Å². The van der Waals surface area contributed by atoms with Crippen LogP contribution in [0.15, 0.2) is 23.2 Å². The van der Waals surface area contributed by atoms with Crippen molar-refractivity contribution in [2.45, 2.75) is 84.9 Å². The molecule has 2 rings (SSSR count). The summed E-state index contributed by atoms with van der Waals surface area (Å²) in [6.07, 6.45) is 8.44. The Hall–Kier alpha value is -2.54. The molecule has 176 valence electrons. The van der Waals surface area contributed by atoms with Gasteiger partial charge in [0.1, 0.15) is 17.6 Å². The van der Waals surface area contributed by atoms with Gasteiger partial charge < -0.3 is 15.0 Å². The van der Waals surface area contributed by atoms with E-state index in [2.05, 4.69) is 17.0 Å². The molecule has 1 aromatic heterocycles. The molecule has 1 N–H and O–H groups in total. The van der Waals surface area contributed by atoms with E-state index in [4.69, 9.17) is 14.7 Å². The van der Waals surface area contributed by atoms with E-state index in [1.54, 1.807) is 0 Å². The first-order valence-corrected chi connectivity index (χ1v) is 11.2. The van der Waals surface area contributed by atoms with Gasteiger partial charge in [0.15, 0.2) is 5.82 Å². The van der Waals surface area contributed by atoms with Gasteiger partial charge in [-0.05, 0) is 80.5 Å². The third-order valence-corrected chi connectivity index (χ3v) is 5.03. The minimum atomic E-state index is -0.541. The largest absolute Gasteiger partial charge is 0.373 e. The summed E-state index contributed by atoms with van der Waals surface area (Å²) in [6, 6.07) is -0.541. The number of likely N-dealkylation sites (N-methyl/N-ethyl adjacent to an activating group) is 1. The van der Waals surface area contributed by atoms with E-state index in [0.29, 0.717) is 11.5 Å². The first-order chi connectivity index (χ1) is 14.9. The Labute approximate surface area is 193 Å². The predicted molar refractivity (Wildman–Crippen MR) is 132 cm³/mol. The maximum absolute atomic E-state index is 13.3. The number of nitrogens with zero attached hydrogens (tertiary/aromatic N) is 4. The molecule has 0 saturated heterocycles. The minimum Gasteiger partial charge on any atom is -0.373 e. The van der Waals surface area contributed by atoms with Gasteiger partial charge in [0.25, 0.3) is 0 Å². The highest BCUT2D eigenvalue weighted by atomic mass is 16.5. The van der Waals surface area contributed by atoms with Gasteiger partial charge in [0.2, 0.25) is 5.91 Å². The number of ether oxygens (including phenoxy) is 1. The van der Waals surface area contributed by atoms with Crippen molar-refractivity contribution < 1.29 is 9.53 Å². The van der Waals surface area contributed by atoms with Gasteiger partial charge in [-0.3, -0.25) is 9.79 Å². The lowest BCUT2D eigenvalue weighted by atomic mass is 10.1. The Kier molecular flexibility index (Phi) is 8.35. The number of hydrogen-bond acceptors (Lipinski definition) is 6. The average molecular weight is 442 g/mol. The molecule has 0 radical (unpaired) electrons. The third-order valence-electron chi connectivity index (χ3n) is 5.03. The second-order valence-electron chi connectivity index (χ2n) is 10.2. The number of aliphatic imine (C=N–C) groups is 1. The molecule has 1 aromatic rings. The quantitative estimate of drug-likeness (QED) is 0.485. The molecule has 0 aromatic carbocycles. The first kappa shape index (κ1) is 25.7. The number of hydrogen-bond donors (Lipinski definition) is 1. The zero-order chi connectivity index (χ0) is 24.1. The molecule has 1 aliphatic carbocycles. The number of carbonyl (C=O) groups is 1. The Bertz CT molecular complexity index is 891. The molecular formula is C25H39N5O2. The normalized spacial score (nSPS) is 15.6. The summed E-state index contributed by atoms with van der Waals surface area (Å²) >= 11 is 0. The zero-order valence-electron chi connectivity index (χ0n) is 21.0. The van der Waals surface area contributed by atoms with Crippen molar-refractivity contribution in [3.63, 3.8) is 0 Å². The van der Waals surface area contributed by atoms with Crippen molar-refractivity contribution in [2.24, 2.45) is 4.99 Å². The molecule has 0 bridgehead atoms. The molecule has 0 fully saturated rings. The molecular weight excluding hydrogens is 402 g/mol. The molecule has 1 heterocycles. The molecule has 7 nitrogen and oxygen atoms in total. The highest BCUT2D eigenvalue weighted by molar-refractivity contribution is 5.86. The van der Waals surface area contributed by atoms with Crippen LogP contribution in [0.5, 0.6) is 0 Å². The maximum Gasteiger partial charge on any atom is 0.245 e. The molecule has 32 heavy (non-hydrogen) atoms. The van der Waals surface area contributed by atoms with E-state index in [0.717, 1.165) is 36.3 Å². The fourth-order valence-corrected chi connectivity index (χ4v) is 3.50. The van der Waals surface area contributed by atoms with Crippen molar-refractivity contribution in [2.75, 3.05) is 18.6 Å². The summed E-state index contributed by atoms with van der Waals surface area (Å²) < 4.78 is 6.05. The smallest absolute Gasteiger partial charge is 0.245 e. The van der Waals surface area contributed by atoms with E-state index in [1.165, 1.54) is 0 Å². The number of anilines is 1. The number of rotatable bonds is 8. The fourth-order valence-electron chi connectivity index (χ4n) is 3.50. The van der Waals surface area contributed by atoms with Crippen LogP contribution < -0.4 is 10.2 Å². The Morgan fingerprint density at radius 3 is 2.50 bits per heavy atom. The highest BCUT2D eigenvalue weighted by Gasteiger charge is 2.32. The van der Waals surface area contributed by atoms with Crippen LogP contribution in [0.3, 0.4) is 0 Å². The van der Waals surface area contributed by atoms with Gasteiger partial charge >= 0.3 is 0 Å². The van der Waals surface area contributed by atoms with E-state index in [-0.39, 0.29) is 23.7 Å². The van der Waals surface area contributed by atoms with E-state index in [1.807, 2.05) is 78.6 Å². The van der Waals surface area contributed by atoms with Crippen LogP contribution in [0, 0.1) is 0 Å². The Balaban J connectivity index is 2.52. The molecule has 7 heteroatoms.